The lowest BCUT2D eigenvalue weighted by atomic mass is 9.83. The Labute approximate surface area is 353 Å². The van der Waals surface area contributed by atoms with E-state index in [0.717, 1.165) is 54.4 Å². The lowest BCUT2D eigenvalue weighted by molar-refractivity contribution is -0.142. The maximum Gasteiger partial charge on any atom is 0.407 e. The molecule has 3 saturated carbocycles. The number of alkyl carbamates (subject to hydrolysis) is 1. The molecule has 1 saturated heterocycles. The van der Waals surface area contributed by atoms with Crippen molar-refractivity contribution < 1.29 is 46.5 Å². The minimum Gasteiger partial charge on any atom is -0.496 e. The molecular weight excluding hydrogens is 791 g/mol. The molecule has 3 heterocycles. The number of pyridine rings is 1. The maximum atomic E-state index is 15.0. The molecule has 60 heavy (non-hydrogen) atoms. The van der Waals surface area contributed by atoms with Gasteiger partial charge in [0.05, 0.1) is 37.6 Å². The first kappa shape index (κ1) is 43.5. The molecule has 15 nitrogen and oxygen atoms in total. The van der Waals surface area contributed by atoms with Crippen molar-refractivity contribution in [2.24, 2.45) is 17.3 Å². The third-order valence-corrected chi connectivity index (χ3v) is 14.8. The first-order valence-corrected chi connectivity index (χ1v) is 23.3. The van der Waals surface area contributed by atoms with Crippen LogP contribution in [0.4, 0.5) is 4.79 Å². The SMILES string of the molecule is C=C[C@H]1C[C@]1(NC(=O)[C@@H]1C[C@@H]2CN1C(=O)[C@H](C1CCCCC1)NC(=O)OCC(C)(C)CCCc1cc3c(cc(OCC)nc3c(CC)c1OC)O2)C(=O)NS(=O)(=O)C1CC1. The van der Waals surface area contributed by atoms with Crippen LogP contribution < -0.4 is 29.6 Å². The zero-order chi connectivity index (χ0) is 43.0. The van der Waals surface area contributed by atoms with E-state index in [1.807, 2.05) is 33.8 Å². The number of aryl methyl sites for hydroxylation is 2. The summed E-state index contributed by atoms with van der Waals surface area (Å²) >= 11 is 0. The van der Waals surface area contributed by atoms with E-state index >= 15 is 4.79 Å². The van der Waals surface area contributed by atoms with Gasteiger partial charge in [-0.25, -0.2) is 18.2 Å². The number of nitrogens with one attached hydrogen (secondary N) is 3. The molecule has 0 spiro atoms. The van der Waals surface area contributed by atoms with Gasteiger partial charge in [0.2, 0.25) is 27.7 Å². The van der Waals surface area contributed by atoms with Gasteiger partial charge in [0.15, 0.2) is 0 Å². The fourth-order valence-corrected chi connectivity index (χ4v) is 10.7. The second kappa shape index (κ2) is 17.4. The molecule has 5 atom stereocenters. The summed E-state index contributed by atoms with van der Waals surface area (Å²) in [6, 6.07) is 1.66. The average Bonchev–Trinajstić information content (AvgIpc) is 4.15. The number of hydrogen-bond donors (Lipinski definition) is 3. The molecule has 1 aromatic carbocycles. The summed E-state index contributed by atoms with van der Waals surface area (Å²) in [5.41, 5.74) is 0.593. The quantitative estimate of drug-likeness (QED) is 0.250. The molecular formula is C44H61N5O10S. The number of aromatic nitrogens is 1. The van der Waals surface area contributed by atoms with Gasteiger partial charge >= 0.3 is 6.09 Å². The van der Waals surface area contributed by atoms with Crippen LogP contribution in [0.15, 0.2) is 24.8 Å². The number of cyclic esters (lactones) is 1. The minimum absolute atomic E-state index is 0.0124. The number of carbonyl (C=O) groups is 4. The predicted octanol–water partition coefficient (Wildman–Crippen LogP) is 5.26. The number of methoxy groups -OCH3 is 1. The van der Waals surface area contributed by atoms with Gasteiger partial charge in [-0.15, -0.1) is 6.58 Å². The first-order chi connectivity index (χ1) is 28.6. The Bertz CT molecular complexity index is 2120. The van der Waals surface area contributed by atoms with Crippen LogP contribution in [-0.2, 0) is 42.0 Å². The molecule has 2 aliphatic heterocycles. The number of ether oxygens (including phenoxy) is 4. The van der Waals surface area contributed by atoms with E-state index in [-0.39, 0.29) is 37.3 Å². The summed E-state index contributed by atoms with van der Waals surface area (Å²) in [7, 11) is -2.26. The van der Waals surface area contributed by atoms with Crippen LogP contribution in [0, 0.1) is 17.3 Å². The zero-order valence-corrected chi connectivity index (χ0v) is 36.4. The highest BCUT2D eigenvalue weighted by atomic mass is 32.2. The van der Waals surface area contributed by atoms with Gasteiger partial charge in [-0.3, -0.25) is 19.1 Å². The number of sulfonamides is 1. The number of hydrogen-bond acceptors (Lipinski definition) is 11. The molecule has 328 valence electrons. The summed E-state index contributed by atoms with van der Waals surface area (Å²) in [5, 5.41) is 5.89. The second-order valence-electron chi connectivity index (χ2n) is 18.0. The normalized spacial score (nSPS) is 27.4. The summed E-state index contributed by atoms with van der Waals surface area (Å²) in [5.74, 6) is -1.07. The van der Waals surface area contributed by atoms with Gasteiger partial charge in [0.1, 0.15) is 35.2 Å². The number of carbonyl (C=O) groups excluding carboxylic acids is 4. The second-order valence-corrected chi connectivity index (χ2v) is 19.9. The van der Waals surface area contributed by atoms with Crippen molar-refractivity contribution in [3.05, 3.63) is 35.9 Å². The number of benzene rings is 1. The van der Waals surface area contributed by atoms with Gasteiger partial charge < -0.3 is 34.5 Å². The van der Waals surface area contributed by atoms with E-state index < -0.39 is 68.7 Å². The van der Waals surface area contributed by atoms with Gasteiger partial charge in [-0.2, -0.15) is 0 Å². The van der Waals surface area contributed by atoms with Crippen molar-refractivity contribution in [2.45, 2.75) is 140 Å². The van der Waals surface area contributed by atoms with Crippen LogP contribution >= 0.6 is 0 Å². The van der Waals surface area contributed by atoms with Crippen LogP contribution in [-0.4, -0.2) is 98.0 Å². The molecule has 4 fully saturated rings. The molecule has 2 aromatic rings. The summed E-state index contributed by atoms with van der Waals surface area (Å²) in [6.45, 7) is 12.3. The third-order valence-electron chi connectivity index (χ3n) is 13.0. The van der Waals surface area contributed by atoms with E-state index in [1.54, 1.807) is 13.2 Å². The molecule has 4 amide bonds. The smallest absolute Gasteiger partial charge is 0.407 e. The Morgan fingerprint density at radius 3 is 2.50 bits per heavy atom. The third kappa shape index (κ3) is 9.03. The number of rotatable bonds is 11. The van der Waals surface area contributed by atoms with Crippen molar-refractivity contribution in [3.63, 3.8) is 0 Å². The fraction of sp³-hybridized carbons (Fsp3) is 0.659. The van der Waals surface area contributed by atoms with Crippen molar-refractivity contribution in [1.82, 2.24) is 25.2 Å². The predicted molar refractivity (Wildman–Crippen MR) is 224 cm³/mol. The van der Waals surface area contributed by atoms with Crippen LogP contribution in [0.25, 0.3) is 10.9 Å². The Morgan fingerprint density at radius 1 is 1.10 bits per heavy atom. The van der Waals surface area contributed by atoms with Crippen LogP contribution in [0.3, 0.4) is 0 Å². The van der Waals surface area contributed by atoms with E-state index in [2.05, 4.69) is 21.9 Å². The van der Waals surface area contributed by atoms with Crippen LogP contribution in [0.1, 0.15) is 109 Å². The highest BCUT2D eigenvalue weighted by molar-refractivity contribution is 7.91. The molecule has 3 N–H and O–H groups in total. The van der Waals surface area contributed by atoms with E-state index in [4.69, 9.17) is 23.9 Å². The maximum absolute atomic E-state index is 15.0. The minimum atomic E-state index is -3.91. The lowest BCUT2D eigenvalue weighted by Gasteiger charge is -2.35. The number of fused-ring (bicyclic) bond motifs is 3. The van der Waals surface area contributed by atoms with E-state index in [1.165, 1.54) is 11.0 Å². The first-order valence-electron chi connectivity index (χ1n) is 21.7. The molecule has 7 rings (SSSR count). The highest BCUT2D eigenvalue weighted by Crippen LogP contribution is 2.46. The van der Waals surface area contributed by atoms with E-state index in [0.29, 0.717) is 62.3 Å². The van der Waals surface area contributed by atoms with Crippen LogP contribution in [0.2, 0.25) is 0 Å². The summed E-state index contributed by atoms with van der Waals surface area (Å²) in [6.07, 6.45) is 8.25. The van der Waals surface area contributed by atoms with Crippen molar-refractivity contribution in [1.29, 1.82) is 0 Å². The van der Waals surface area contributed by atoms with Gasteiger partial charge in [0.25, 0.3) is 5.91 Å². The topological polar surface area (TPSA) is 192 Å². The molecule has 3 aliphatic carbocycles. The molecule has 0 unspecified atom stereocenters. The van der Waals surface area contributed by atoms with Gasteiger partial charge in [-0.1, -0.05) is 46.1 Å². The molecule has 4 bridgehead atoms. The molecule has 1 aromatic heterocycles. The largest absolute Gasteiger partial charge is 0.496 e. The Kier molecular flexibility index (Phi) is 12.6. The number of nitrogens with zero attached hydrogens (tertiary/aromatic N) is 2. The average molecular weight is 852 g/mol. The van der Waals surface area contributed by atoms with Gasteiger partial charge in [0, 0.05) is 29.4 Å². The standard InChI is InChI=1S/C44H61N5O10S/c1-7-28-23-44(28,41(52)48-60(54,55)30-17-18-30)47-39(50)33-21-29-24-49(33)40(51)36(26-14-11-10-12-15-26)46-42(53)58-25-43(4,5)19-13-16-27-20-32-34(59-29)22-35(57-9-3)45-37(32)31(8-2)38(27)56-6/h7,20,22,26,28-30,33,36H,1,8-19,21,23-25H2,2-6H3,(H,46,53)(H,47,50)(H,48,52)/t28-,29+,33-,36-,44+/m0/s1. The van der Waals surface area contributed by atoms with Crippen molar-refractivity contribution in [3.8, 4) is 17.4 Å². The van der Waals surface area contributed by atoms with Crippen molar-refractivity contribution >= 4 is 44.7 Å². The van der Waals surface area contributed by atoms with Crippen LogP contribution in [0.5, 0.6) is 17.4 Å². The fourth-order valence-electron chi connectivity index (χ4n) is 9.37. The van der Waals surface area contributed by atoms with Gasteiger partial charge in [-0.05, 0) is 87.7 Å². The molecule has 16 heteroatoms. The monoisotopic (exact) mass is 851 g/mol. The lowest BCUT2D eigenvalue weighted by Crippen LogP contribution is -2.59. The highest BCUT2D eigenvalue weighted by Gasteiger charge is 2.62. The molecule has 0 radical (unpaired) electrons. The zero-order valence-electron chi connectivity index (χ0n) is 35.6. The number of amides is 4. The van der Waals surface area contributed by atoms with E-state index in [9.17, 15) is 22.8 Å². The Balaban J connectivity index is 1.29. The van der Waals surface area contributed by atoms with Crippen molar-refractivity contribution in [2.75, 3.05) is 26.9 Å². The summed E-state index contributed by atoms with van der Waals surface area (Å²) < 4.78 is 52.6. The molecule has 5 aliphatic rings. The Hall–Kier alpha value is -4.60. The Morgan fingerprint density at radius 2 is 1.85 bits per heavy atom. The summed E-state index contributed by atoms with van der Waals surface area (Å²) in [4.78, 5) is 63.3.